The third-order valence-electron chi connectivity index (χ3n) is 3.24. The van der Waals surface area contributed by atoms with Crippen LogP contribution >= 0.6 is 0 Å². The lowest BCUT2D eigenvalue weighted by molar-refractivity contribution is 0.259. The van der Waals surface area contributed by atoms with E-state index in [1.54, 1.807) is 4.68 Å². The Bertz CT molecular complexity index is 322. The maximum absolute atomic E-state index is 4.06. The summed E-state index contributed by atoms with van der Waals surface area (Å²) in [4.78, 5) is 2.55. The maximum atomic E-state index is 4.06. The highest BCUT2D eigenvalue weighted by Gasteiger charge is 2.22. The van der Waals surface area contributed by atoms with E-state index in [9.17, 15) is 0 Å². The van der Waals surface area contributed by atoms with Crippen molar-refractivity contribution >= 4 is 0 Å². The molecule has 1 atom stereocenters. The first kappa shape index (κ1) is 11.5. The van der Waals surface area contributed by atoms with Crippen LogP contribution in [0.25, 0.3) is 0 Å². The van der Waals surface area contributed by atoms with Crippen LogP contribution in [0.5, 0.6) is 0 Å². The number of likely N-dealkylation sites (N-methyl/N-ethyl adjacent to an activating group) is 1. The minimum Gasteiger partial charge on any atom is -0.309 e. The van der Waals surface area contributed by atoms with Crippen LogP contribution in [0.2, 0.25) is 0 Å². The summed E-state index contributed by atoms with van der Waals surface area (Å²) in [5.41, 5.74) is 1.02. The highest BCUT2D eigenvalue weighted by atomic mass is 15.4. The predicted molar refractivity (Wildman–Crippen MR) is 63.0 cm³/mol. The van der Waals surface area contributed by atoms with Crippen LogP contribution < -0.4 is 5.32 Å². The standard InChI is InChI=1S/C11H21N5/c1-3-16-6-4-5-11(16)8-12-7-10-9-15(2)14-13-10/h9,11-12H,3-8H2,1-2H3. The van der Waals surface area contributed by atoms with Gasteiger partial charge < -0.3 is 5.32 Å². The number of hydrogen-bond acceptors (Lipinski definition) is 4. The smallest absolute Gasteiger partial charge is 0.0964 e. The third kappa shape index (κ3) is 2.80. The lowest BCUT2D eigenvalue weighted by Crippen LogP contribution is -2.37. The van der Waals surface area contributed by atoms with Gasteiger partial charge in [-0.2, -0.15) is 0 Å². The molecule has 1 fully saturated rings. The Morgan fingerprint density at radius 2 is 2.44 bits per heavy atom. The molecule has 0 saturated carbocycles. The van der Waals surface area contributed by atoms with Crippen LogP contribution in [-0.4, -0.2) is 45.6 Å². The van der Waals surface area contributed by atoms with Gasteiger partial charge in [0.2, 0.25) is 0 Å². The fourth-order valence-corrected chi connectivity index (χ4v) is 2.39. The van der Waals surface area contributed by atoms with Crippen LogP contribution in [0.1, 0.15) is 25.5 Å². The fraction of sp³-hybridized carbons (Fsp3) is 0.818. The number of likely N-dealkylation sites (tertiary alicyclic amines) is 1. The number of rotatable bonds is 5. The van der Waals surface area contributed by atoms with Gasteiger partial charge in [-0.15, -0.1) is 5.10 Å². The second-order valence-electron chi connectivity index (χ2n) is 4.44. The van der Waals surface area contributed by atoms with Gasteiger partial charge in [-0.05, 0) is 25.9 Å². The Morgan fingerprint density at radius 1 is 1.56 bits per heavy atom. The minimum atomic E-state index is 0.710. The van der Waals surface area contributed by atoms with Crippen LogP contribution in [0, 0.1) is 0 Å². The molecule has 16 heavy (non-hydrogen) atoms. The van der Waals surface area contributed by atoms with Crippen LogP contribution in [-0.2, 0) is 13.6 Å². The third-order valence-corrected chi connectivity index (χ3v) is 3.24. The SMILES string of the molecule is CCN1CCCC1CNCc1cn(C)nn1. The molecule has 1 aromatic heterocycles. The first-order valence-electron chi connectivity index (χ1n) is 6.09. The molecule has 1 aliphatic rings. The van der Waals surface area contributed by atoms with E-state index in [4.69, 9.17) is 0 Å². The molecule has 2 rings (SSSR count). The predicted octanol–water partition coefficient (Wildman–Crippen LogP) is 0.389. The van der Waals surface area contributed by atoms with E-state index in [0.29, 0.717) is 6.04 Å². The van der Waals surface area contributed by atoms with Crippen molar-refractivity contribution in [1.29, 1.82) is 0 Å². The molecule has 0 spiro atoms. The normalized spacial score (nSPS) is 21.8. The highest BCUT2D eigenvalue weighted by Crippen LogP contribution is 2.15. The monoisotopic (exact) mass is 223 g/mol. The lowest BCUT2D eigenvalue weighted by atomic mass is 10.2. The van der Waals surface area contributed by atoms with Crippen molar-refractivity contribution in [3.8, 4) is 0 Å². The molecule has 90 valence electrons. The molecule has 5 nitrogen and oxygen atoms in total. The molecule has 1 aromatic rings. The molecule has 1 aliphatic heterocycles. The summed E-state index contributed by atoms with van der Waals surface area (Å²) < 4.78 is 1.74. The number of nitrogens with zero attached hydrogens (tertiary/aromatic N) is 4. The van der Waals surface area contributed by atoms with Gasteiger partial charge in [-0.3, -0.25) is 9.58 Å². The molecule has 5 heteroatoms. The number of nitrogens with one attached hydrogen (secondary N) is 1. The van der Waals surface area contributed by atoms with Crippen molar-refractivity contribution in [2.24, 2.45) is 7.05 Å². The molecule has 1 saturated heterocycles. The molecule has 2 heterocycles. The number of aromatic nitrogens is 3. The molecule has 0 aromatic carbocycles. The van der Waals surface area contributed by atoms with Gasteiger partial charge in [-0.25, -0.2) is 0 Å². The van der Waals surface area contributed by atoms with E-state index in [2.05, 4.69) is 27.5 Å². The van der Waals surface area contributed by atoms with Gasteiger partial charge in [0.15, 0.2) is 0 Å². The largest absolute Gasteiger partial charge is 0.309 e. The zero-order valence-electron chi connectivity index (χ0n) is 10.2. The van der Waals surface area contributed by atoms with Crippen LogP contribution in [0.3, 0.4) is 0 Å². The summed E-state index contributed by atoms with van der Waals surface area (Å²) in [6, 6.07) is 0.710. The second kappa shape index (κ2) is 5.41. The zero-order chi connectivity index (χ0) is 11.4. The van der Waals surface area contributed by atoms with E-state index in [1.165, 1.54) is 19.4 Å². The Morgan fingerprint density at radius 3 is 3.12 bits per heavy atom. The van der Waals surface area contributed by atoms with E-state index in [0.717, 1.165) is 25.3 Å². The quantitative estimate of drug-likeness (QED) is 0.784. The van der Waals surface area contributed by atoms with Crippen LogP contribution in [0.4, 0.5) is 0 Å². The van der Waals surface area contributed by atoms with E-state index in [1.807, 2.05) is 13.2 Å². The van der Waals surface area contributed by atoms with Crippen molar-refractivity contribution in [2.75, 3.05) is 19.6 Å². The molecular formula is C11H21N5. The fourth-order valence-electron chi connectivity index (χ4n) is 2.39. The molecule has 0 radical (unpaired) electrons. The average molecular weight is 223 g/mol. The van der Waals surface area contributed by atoms with Crippen molar-refractivity contribution < 1.29 is 0 Å². The van der Waals surface area contributed by atoms with E-state index >= 15 is 0 Å². The Hall–Kier alpha value is -0.940. The Kier molecular flexibility index (Phi) is 3.90. The summed E-state index contributed by atoms with van der Waals surface area (Å²) in [6.45, 7) is 6.54. The molecule has 1 unspecified atom stereocenters. The van der Waals surface area contributed by atoms with Gasteiger partial charge in [0.25, 0.3) is 0 Å². The van der Waals surface area contributed by atoms with Crippen molar-refractivity contribution in [3.63, 3.8) is 0 Å². The zero-order valence-corrected chi connectivity index (χ0v) is 10.2. The summed E-state index contributed by atoms with van der Waals surface area (Å²) in [7, 11) is 1.90. The summed E-state index contributed by atoms with van der Waals surface area (Å²) in [6.07, 6.45) is 4.62. The van der Waals surface area contributed by atoms with Crippen molar-refractivity contribution in [1.82, 2.24) is 25.2 Å². The van der Waals surface area contributed by atoms with Gasteiger partial charge in [0.1, 0.15) is 0 Å². The van der Waals surface area contributed by atoms with Crippen molar-refractivity contribution in [3.05, 3.63) is 11.9 Å². The van der Waals surface area contributed by atoms with Gasteiger partial charge >= 0.3 is 0 Å². The first-order valence-corrected chi connectivity index (χ1v) is 6.09. The second-order valence-corrected chi connectivity index (χ2v) is 4.44. The Balaban J connectivity index is 1.71. The van der Waals surface area contributed by atoms with Crippen LogP contribution in [0.15, 0.2) is 6.20 Å². The topological polar surface area (TPSA) is 46.0 Å². The van der Waals surface area contributed by atoms with E-state index < -0.39 is 0 Å². The van der Waals surface area contributed by atoms with Gasteiger partial charge in [-0.1, -0.05) is 12.1 Å². The highest BCUT2D eigenvalue weighted by molar-refractivity contribution is 4.91. The van der Waals surface area contributed by atoms with E-state index in [-0.39, 0.29) is 0 Å². The number of hydrogen-bond donors (Lipinski definition) is 1. The molecule has 0 bridgehead atoms. The molecule has 1 N–H and O–H groups in total. The first-order chi connectivity index (χ1) is 7.79. The maximum Gasteiger partial charge on any atom is 0.0964 e. The summed E-state index contributed by atoms with van der Waals surface area (Å²) in [5, 5.41) is 11.4. The lowest BCUT2D eigenvalue weighted by Gasteiger charge is -2.22. The minimum absolute atomic E-state index is 0.710. The number of aryl methyl sites for hydroxylation is 1. The Labute approximate surface area is 96.8 Å². The van der Waals surface area contributed by atoms with Gasteiger partial charge in [0, 0.05) is 32.4 Å². The summed E-state index contributed by atoms with van der Waals surface area (Å²) in [5.74, 6) is 0. The van der Waals surface area contributed by atoms with Crippen molar-refractivity contribution in [2.45, 2.75) is 32.4 Å². The molecule has 0 amide bonds. The average Bonchev–Trinajstić information content (AvgIpc) is 2.87. The van der Waals surface area contributed by atoms with Gasteiger partial charge in [0.05, 0.1) is 5.69 Å². The molecule has 0 aliphatic carbocycles. The summed E-state index contributed by atoms with van der Waals surface area (Å²) >= 11 is 0. The molecular weight excluding hydrogens is 202 g/mol.